The molecule has 2 N–H and O–H groups in total. The van der Waals surface area contributed by atoms with Gasteiger partial charge in [-0.2, -0.15) is 0 Å². The molecule has 194 valence electrons. The minimum Gasteiger partial charge on any atom is -0.348 e. The zero-order valence-corrected chi connectivity index (χ0v) is 22.0. The fourth-order valence-electron chi connectivity index (χ4n) is 3.90. The summed E-state index contributed by atoms with van der Waals surface area (Å²) >= 11 is 0. The van der Waals surface area contributed by atoms with E-state index < -0.39 is 15.9 Å². The first-order chi connectivity index (χ1) is 18.2. The molecule has 4 aromatic rings. The minimum atomic E-state index is -3.56. The third kappa shape index (κ3) is 6.86. The summed E-state index contributed by atoms with van der Waals surface area (Å²) in [4.78, 5) is 25.8. The van der Waals surface area contributed by atoms with Gasteiger partial charge in [-0.3, -0.25) is 13.9 Å². The van der Waals surface area contributed by atoms with Gasteiger partial charge < -0.3 is 10.6 Å². The maximum Gasteiger partial charge on any atom is 0.255 e. The van der Waals surface area contributed by atoms with Gasteiger partial charge in [0.1, 0.15) is 0 Å². The van der Waals surface area contributed by atoms with Gasteiger partial charge >= 0.3 is 0 Å². The number of hydrogen-bond acceptors (Lipinski definition) is 4. The molecule has 7 nitrogen and oxygen atoms in total. The van der Waals surface area contributed by atoms with Gasteiger partial charge in [0.2, 0.25) is 10.0 Å². The summed E-state index contributed by atoms with van der Waals surface area (Å²) in [5.41, 5.74) is 4.41. The Morgan fingerprint density at radius 1 is 0.737 bits per heavy atom. The number of anilines is 2. The van der Waals surface area contributed by atoms with Crippen molar-refractivity contribution in [2.45, 2.75) is 20.0 Å². The first-order valence-corrected chi connectivity index (χ1v) is 13.9. The Hall–Kier alpha value is -4.43. The molecule has 0 aliphatic carbocycles. The number of rotatable bonds is 9. The van der Waals surface area contributed by atoms with Crippen molar-refractivity contribution in [2.75, 3.05) is 15.9 Å². The van der Waals surface area contributed by atoms with Crippen LogP contribution in [0.4, 0.5) is 11.4 Å². The molecule has 8 heteroatoms. The summed E-state index contributed by atoms with van der Waals surface area (Å²) < 4.78 is 26.3. The van der Waals surface area contributed by atoms with Gasteiger partial charge in [0, 0.05) is 12.1 Å². The van der Waals surface area contributed by atoms with Gasteiger partial charge in [0.15, 0.2) is 0 Å². The first-order valence-electron chi connectivity index (χ1n) is 12.1. The third-order valence-electron chi connectivity index (χ3n) is 5.98. The van der Waals surface area contributed by atoms with Crippen LogP contribution in [-0.2, 0) is 23.1 Å². The maximum absolute atomic E-state index is 13.0. The lowest BCUT2D eigenvalue weighted by molar-refractivity contribution is 0.0951. The molecule has 0 spiro atoms. The second kappa shape index (κ2) is 11.7. The predicted molar refractivity (Wildman–Crippen MR) is 151 cm³/mol. The molecule has 0 unspecified atom stereocenters. The molecule has 0 heterocycles. The summed E-state index contributed by atoms with van der Waals surface area (Å²) in [7, 11) is -3.56. The van der Waals surface area contributed by atoms with E-state index in [0.717, 1.165) is 22.9 Å². The molecule has 4 rings (SSSR count). The van der Waals surface area contributed by atoms with Crippen LogP contribution in [0.15, 0.2) is 103 Å². The SMILES string of the molecule is Cc1ccc(CN(c2ccc(C(=O)Nc3ccccc3C(=O)NCc3ccccc3)cc2)S(C)(=O)=O)cc1. The largest absolute Gasteiger partial charge is 0.348 e. The van der Waals surface area contributed by atoms with Crippen LogP contribution in [0.5, 0.6) is 0 Å². The summed E-state index contributed by atoms with van der Waals surface area (Å²) in [6.07, 6.45) is 1.15. The van der Waals surface area contributed by atoms with Crippen LogP contribution in [0.3, 0.4) is 0 Å². The van der Waals surface area contributed by atoms with E-state index >= 15 is 0 Å². The van der Waals surface area contributed by atoms with E-state index in [0.29, 0.717) is 29.0 Å². The van der Waals surface area contributed by atoms with E-state index in [-0.39, 0.29) is 12.5 Å². The summed E-state index contributed by atoms with van der Waals surface area (Å²) in [5, 5.41) is 5.67. The number of aryl methyl sites for hydroxylation is 1. The number of para-hydroxylation sites is 1. The highest BCUT2D eigenvalue weighted by Crippen LogP contribution is 2.23. The zero-order valence-electron chi connectivity index (χ0n) is 21.2. The number of carbonyl (C=O) groups is 2. The highest BCUT2D eigenvalue weighted by atomic mass is 32.2. The fourth-order valence-corrected chi connectivity index (χ4v) is 4.78. The van der Waals surface area contributed by atoms with Crippen molar-refractivity contribution < 1.29 is 18.0 Å². The normalized spacial score (nSPS) is 11.0. The van der Waals surface area contributed by atoms with E-state index in [1.54, 1.807) is 48.5 Å². The molecule has 0 atom stereocenters. The number of hydrogen-bond donors (Lipinski definition) is 2. The topological polar surface area (TPSA) is 95.6 Å². The second-order valence-corrected chi connectivity index (χ2v) is 10.9. The Balaban J connectivity index is 1.47. The number of amides is 2. The second-order valence-electron chi connectivity index (χ2n) is 8.97. The van der Waals surface area contributed by atoms with Crippen LogP contribution in [0.1, 0.15) is 37.4 Å². The van der Waals surface area contributed by atoms with Gasteiger partial charge in [-0.25, -0.2) is 8.42 Å². The van der Waals surface area contributed by atoms with E-state index in [4.69, 9.17) is 0 Å². The first kappa shape index (κ1) is 26.6. The molecule has 4 aromatic carbocycles. The molecule has 0 aromatic heterocycles. The highest BCUT2D eigenvalue weighted by molar-refractivity contribution is 7.92. The highest BCUT2D eigenvalue weighted by Gasteiger charge is 2.19. The number of nitrogens with zero attached hydrogens (tertiary/aromatic N) is 1. The molecule has 38 heavy (non-hydrogen) atoms. The molecule has 0 bridgehead atoms. The van der Waals surface area contributed by atoms with E-state index in [2.05, 4.69) is 10.6 Å². The number of nitrogens with one attached hydrogen (secondary N) is 2. The predicted octanol–water partition coefficient (Wildman–Crippen LogP) is 5.14. The van der Waals surface area contributed by atoms with Gasteiger partial charge in [0.25, 0.3) is 11.8 Å². The lowest BCUT2D eigenvalue weighted by Gasteiger charge is -2.23. The monoisotopic (exact) mass is 527 g/mol. The Labute approximate surface area is 223 Å². The van der Waals surface area contributed by atoms with Gasteiger partial charge in [-0.05, 0) is 54.4 Å². The van der Waals surface area contributed by atoms with Gasteiger partial charge in [-0.1, -0.05) is 72.3 Å². The van der Waals surface area contributed by atoms with Crippen molar-refractivity contribution in [1.29, 1.82) is 0 Å². The summed E-state index contributed by atoms with van der Waals surface area (Å²) in [6, 6.07) is 30.3. The minimum absolute atomic E-state index is 0.177. The molecule has 0 saturated carbocycles. The number of benzene rings is 4. The Morgan fingerprint density at radius 3 is 2.03 bits per heavy atom. The Morgan fingerprint density at radius 2 is 1.37 bits per heavy atom. The average Bonchev–Trinajstić information content (AvgIpc) is 2.92. The van der Waals surface area contributed by atoms with Crippen LogP contribution in [-0.4, -0.2) is 26.5 Å². The standard InChI is InChI=1S/C30H29N3O4S/c1-22-12-14-24(15-13-22)21-33(38(2,36)37)26-18-16-25(17-19-26)29(34)32-28-11-7-6-10-27(28)30(35)31-20-23-8-4-3-5-9-23/h3-19H,20-21H2,1-2H3,(H,31,35)(H,32,34). The third-order valence-corrected chi connectivity index (χ3v) is 7.12. The Kier molecular flexibility index (Phi) is 8.23. The fraction of sp³-hybridized carbons (Fsp3) is 0.133. The van der Waals surface area contributed by atoms with Crippen molar-refractivity contribution in [3.05, 3.63) is 131 Å². The van der Waals surface area contributed by atoms with Crippen LogP contribution in [0.2, 0.25) is 0 Å². The van der Waals surface area contributed by atoms with E-state index in [9.17, 15) is 18.0 Å². The van der Waals surface area contributed by atoms with Crippen LogP contribution >= 0.6 is 0 Å². The van der Waals surface area contributed by atoms with Crippen LogP contribution in [0.25, 0.3) is 0 Å². The summed E-state index contributed by atoms with van der Waals surface area (Å²) in [5.74, 6) is -0.718. The smallest absolute Gasteiger partial charge is 0.255 e. The lowest BCUT2D eigenvalue weighted by atomic mass is 10.1. The molecule has 0 aliphatic heterocycles. The van der Waals surface area contributed by atoms with Crippen molar-refractivity contribution in [3.63, 3.8) is 0 Å². The summed E-state index contributed by atoms with van der Waals surface area (Å²) in [6.45, 7) is 2.51. The van der Waals surface area contributed by atoms with Gasteiger partial charge in [0.05, 0.1) is 29.7 Å². The number of carbonyl (C=O) groups excluding carboxylic acids is 2. The van der Waals surface area contributed by atoms with E-state index in [1.807, 2.05) is 61.5 Å². The van der Waals surface area contributed by atoms with Crippen molar-refractivity contribution in [1.82, 2.24) is 5.32 Å². The van der Waals surface area contributed by atoms with Gasteiger partial charge in [-0.15, -0.1) is 0 Å². The molecular weight excluding hydrogens is 498 g/mol. The van der Waals surface area contributed by atoms with Crippen molar-refractivity contribution in [3.8, 4) is 0 Å². The van der Waals surface area contributed by atoms with E-state index in [1.165, 1.54) is 4.31 Å². The van der Waals surface area contributed by atoms with Crippen molar-refractivity contribution in [2.24, 2.45) is 0 Å². The quantitative estimate of drug-likeness (QED) is 0.315. The molecule has 0 aliphatic rings. The van der Waals surface area contributed by atoms with Crippen LogP contribution < -0.4 is 14.9 Å². The molecule has 0 fully saturated rings. The molecular formula is C30H29N3O4S. The molecule has 0 saturated heterocycles. The molecule has 2 amide bonds. The maximum atomic E-state index is 13.0. The average molecular weight is 528 g/mol. The number of sulfonamides is 1. The van der Waals surface area contributed by atoms with Crippen molar-refractivity contribution >= 4 is 33.2 Å². The van der Waals surface area contributed by atoms with Crippen LogP contribution in [0, 0.1) is 6.92 Å². The lowest BCUT2D eigenvalue weighted by Crippen LogP contribution is -2.29. The zero-order chi connectivity index (χ0) is 27.1. The Bertz CT molecular complexity index is 1520. The molecule has 0 radical (unpaired) electrons.